The first-order chi connectivity index (χ1) is 10.8. The standard InChI is InChI=1S/C18H22FNO2S/c1-14(3-4-15-5-9-17(19)10-6-15)20-13-16-7-11-18(12-8-16)23(2,21)22/h5-12,14,20H,3-4,13H2,1-2H3. The second-order valence-electron chi connectivity index (χ2n) is 5.86. The highest BCUT2D eigenvalue weighted by Crippen LogP contribution is 2.11. The Morgan fingerprint density at radius 2 is 1.57 bits per heavy atom. The summed E-state index contributed by atoms with van der Waals surface area (Å²) < 4.78 is 35.7. The molecule has 1 atom stereocenters. The van der Waals surface area contributed by atoms with Gasteiger partial charge in [0, 0.05) is 18.8 Å². The number of hydrogen-bond donors (Lipinski definition) is 1. The number of benzene rings is 2. The van der Waals surface area contributed by atoms with Gasteiger partial charge >= 0.3 is 0 Å². The molecule has 1 unspecified atom stereocenters. The molecule has 1 N–H and O–H groups in total. The molecule has 0 saturated heterocycles. The number of nitrogens with one attached hydrogen (secondary N) is 1. The largest absolute Gasteiger partial charge is 0.310 e. The molecule has 5 heteroatoms. The zero-order valence-corrected chi connectivity index (χ0v) is 14.2. The van der Waals surface area contributed by atoms with E-state index in [0.717, 1.165) is 24.0 Å². The minimum atomic E-state index is -3.14. The van der Waals surface area contributed by atoms with Crippen LogP contribution >= 0.6 is 0 Å². The fourth-order valence-electron chi connectivity index (χ4n) is 2.28. The van der Waals surface area contributed by atoms with Crippen LogP contribution in [0.3, 0.4) is 0 Å². The van der Waals surface area contributed by atoms with Gasteiger partial charge in [-0.15, -0.1) is 0 Å². The van der Waals surface area contributed by atoms with Gasteiger partial charge in [0.15, 0.2) is 9.84 Å². The molecule has 0 fully saturated rings. The molecular weight excluding hydrogens is 313 g/mol. The van der Waals surface area contributed by atoms with E-state index in [0.29, 0.717) is 17.5 Å². The third kappa shape index (κ3) is 5.77. The lowest BCUT2D eigenvalue weighted by molar-refractivity contribution is 0.513. The molecule has 0 aliphatic carbocycles. The molecule has 0 aliphatic heterocycles. The molecule has 0 radical (unpaired) electrons. The lowest BCUT2D eigenvalue weighted by atomic mass is 10.1. The molecule has 0 saturated carbocycles. The average Bonchev–Trinajstić information content (AvgIpc) is 2.52. The van der Waals surface area contributed by atoms with Crippen molar-refractivity contribution in [3.63, 3.8) is 0 Å². The van der Waals surface area contributed by atoms with Gasteiger partial charge in [0.25, 0.3) is 0 Å². The van der Waals surface area contributed by atoms with Crippen molar-refractivity contribution in [1.82, 2.24) is 5.32 Å². The van der Waals surface area contributed by atoms with Crippen molar-refractivity contribution >= 4 is 9.84 Å². The van der Waals surface area contributed by atoms with Gasteiger partial charge in [-0.25, -0.2) is 12.8 Å². The second-order valence-corrected chi connectivity index (χ2v) is 7.88. The van der Waals surface area contributed by atoms with Crippen molar-refractivity contribution in [2.75, 3.05) is 6.26 Å². The third-order valence-corrected chi connectivity index (χ3v) is 4.91. The van der Waals surface area contributed by atoms with Crippen LogP contribution < -0.4 is 5.32 Å². The molecular formula is C18H22FNO2S. The van der Waals surface area contributed by atoms with Gasteiger partial charge in [0.2, 0.25) is 0 Å². The first kappa shape index (κ1) is 17.6. The smallest absolute Gasteiger partial charge is 0.175 e. The van der Waals surface area contributed by atoms with Gasteiger partial charge < -0.3 is 5.32 Å². The molecule has 0 aromatic heterocycles. The number of rotatable bonds is 7. The van der Waals surface area contributed by atoms with Crippen molar-refractivity contribution in [2.24, 2.45) is 0 Å². The van der Waals surface area contributed by atoms with Crippen LogP contribution in [0.25, 0.3) is 0 Å². The Balaban J connectivity index is 1.80. The predicted molar refractivity (Wildman–Crippen MR) is 90.6 cm³/mol. The average molecular weight is 335 g/mol. The minimum absolute atomic E-state index is 0.211. The molecule has 0 aliphatic rings. The van der Waals surface area contributed by atoms with Crippen molar-refractivity contribution in [3.05, 3.63) is 65.5 Å². The monoisotopic (exact) mass is 335 g/mol. The van der Waals surface area contributed by atoms with Crippen molar-refractivity contribution < 1.29 is 12.8 Å². The number of halogens is 1. The Labute approximate surface area is 137 Å². The normalized spacial score (nSPS) is 13.0. The zero-order valence-electron chi connectivity index (χ0n) is 13.4. The van der Waals surface area contributed by atoms with E-state index in [1.54, 1.807) is 12.1 Å². The van der Waals surface area contributed by atoms with E-state index in [-0.39, 0.29) is 5.82 Å². The molecule has 124 valence electrons. The second kappa shape index (κ2) is 7.70. The molecule has 0 bridgehead atoms. The SMILES string of the molecule is CC(CCc1ccc(F)cc1)NCc1ccc(S(C)(=O)=O)cc1. The van der Waals surface area contributed by atoms with E-state index in [9.17, 15) is 12.8 Å². The van der Waals surface area contributed by atoms with Crippen LogP contribution in [-0.4, -0.2) is 20.7 Å². The first-order valence-electron chi connectivity index (χ1n) is 7.61. The summed E-state index contributed by atoms with van der Waals surface area (Å²) in [4.78, 5) is 0.339. The summed E-state index contributed by atoms with van der Waals surface area (Å²) in [6, 6.07) is 13.8. The maximum absolute atomic E-state index is 12.8. The van der Waals surface area contributed by atoms with Gasteiger partial charge in [0.1, 0.15) is 5.82 Å². The van der Waals surface area contributed by atoms with E-state index in [1.807, 2.05) is 24.3 Å². The molecule has 2 aromatic carbocycles. The summed E-state index contributed by atoms with van der Waals surface area (Å²) in [7, 11) is -3.14. The minimum Gasteiger partial charge on any atom is -0.310 e. The number of hydrogen-bond acceptors (Lipinski definition) is 3. The summed E-state index contributed by atoms with van der Waals surface area (Å²) in [5.74, 6) is -0.211. The highest BCUT2D eigenvalue weighted by molar-refractivity contribution is 7.90. The van der Waals surface area contributed by atoms with Crippen LogP contribution in [0.4, 0.5) is 4.39 Å². The van der Waals surface area contributed by atoms with Gasteiger partial charge in [-0.3, -0.25) is 0 Å². The zero-order chi connectivity index (χ0) is 16.9. The highest BCUT2D eigenvalue weighted by Gasteiger charge is 2.07. The van der Waals surface area contributed by atoms with Crippen LogP contribution in [0.1, 0.15) is 24.5 Å². The fraction of sp³-hybridized carbons (Fsp3) is 0.333. The van der Waals surface area contributed by atoms with Crippen molar-refractivity contribution in [1.29, 1.82) is 0 Å². The van der Waals surface area contributed by atoms with Crippen LogP contribution in [0.5, 0.6) is 0 Å². The van der Waals surface area contributed by atoms with Crippen LogP contribution in [0.2, 0.25) is 0 Å². The van der Waals surface area contributed by atoms with Gasteiger partial charge in [0.05, 0.1) is 4.90 Å². The Bertz CT molecular complexity index is 725. The van der Waals surface area contributed by atoms with Crippen molar-refractivity contribution in [2.45, 2.75) is 37.2 Å². The Hall–Kier alpha value is -1.72. The Morgan fingerprint density at radius 1 is 1.00 bits per heavy atom. The predicted octanol–water partition coefficient (Wildman–Crippen LogP) is 3.34. The summed E-state index contributed by atoms with van der Waals surface area (Å²) in [5.41, 5.74) is 2.17. The summed E-state index contributed by atoms with van der Waals surface area (Å²) in [5, 5.41) is 3.42. The molecule has 0 spiro atoms. The van der Waals surface area contributed by atoms with E-state index in [2.05, 4.69) is 12.2 Å². The Kier molecular flexibility index (Phi) is 5.91. The van der Waals surface area contributed by atoms with Crippen LogP contribution in [-0.2, 0) is 22.8 Å². The number of aryl methyl sites for hydroxylation is 1. The molecule has 0 heterocycles. The van der Waals surface area contributed by atoms with Crippen molar-refractivity contribution in [3.8, 4) is 0 Å². The highest BCUT2D eigenvalue weighted by atomic mass is 32.2. The summed E-state index contributed by atoms with van der Waals surface area (Å²) in [6.45, 7) is 2.79. The van der Waals surface area contributed by atoms with Gasteiger partial charge in [-0.05, 0) is 55.2 Å². The van der Waals surface area contributed by atoms with Crippen LogP contribution in [0.15, 0.2) is 53.4 Å². The molecule has 3 nitrogen and oxygen atoms in total. The third-order valence-electron chi connectivity index (χ3n) is 3.79. The van der Waals surface area contributed by atoms with E-state index < -0.39 is 9.84 Å². The van der Waals surface area contributed by atoms with E-state index in [4.69, 9.17) is 0 Å². The quantitative estimate of drug-likeness (QED) is 0.844. The first-order valence-corrected chi connectivity index (χ1v) is 9.50. The molecule has 2 aromatic rings. The molecule has 2 rings (SSSR count). The summed E-state index contributed by atoms with van der Waals surface area (Å²) in [6.07, 6.45) is 3.05. The maximum Gasteiger partial charge on any atom is 0.175 e. The van der Waals surface area contributed by atoms with E-state index >= 15 is 0 Å². The fourth-order valence-corrected chi connectivity index (χ4v) is 2.91. The Morgan fingerprint density at radius 3 is 2.13 bits per heavy atom. The molecule has 0 amide bonds. The lowest BCUT2D eigenvalue weighted by Crippen LogP contribution is -2.25. The van der Waals surface area contributed by atoms with Crippen LogP contribution in [0, 0.1) is 5.82 Å². The van der Waals surface area contributed by atoms with Gasteiger partial charge in [-0.1, -0.05) is 24.3 Å². The number of sulfone groups is 1. The topological polar surface area (TPSA) is 46.2 Å². The van der Waals surface area contributed by atoms with E-state index in [1.165, 1.54) is 18.4 Å². The summed E-state index contributed by atoms with van der Waals surface area (Å²) >= 11 is 0. The van der Waals surface area contributed by atoms with Gasteiger partial charge in [-0.2, -0.15) is 0 Å². The maximum atomic E-state index is 12.8. The molecule has 23 heavy (non-hydrogen) atoms. The lowest BCUT2D eigenvalue weighted by Gasteiger charge is -2.14.